The molecule has 0 unspecified atom stereocenters. The number of rotatable bonds is 3. The van der Waals surface area contributed by atoms with Gasteiger partial charge in [0.25, 0.3) is 0 Å². The predicted molar refractivity (Wildman–Crippen MR) is 78.9 cm³/mol. The highest BCUT2D eigenvalue weighted by atomic mass is 16.7. The van der Waals surface area contributed by atoms with E-state index in [0.29, 0.717) is 17.4 Å². The first-order chi connectivity index (χ1) is 10.7. The summed E-state index contributed by atoms with van der Waals surface area (Å²) in [6.45, 7) is 2.03. The van der Waals surface area contributed by atoms with Gasteiger partial charge >= 0.3 is 0 Å². The number of carbonyl (C=O) groups is 1. The molecule has 2 aliphatic rings. The SMILES string of the molecule is Cc1nccc(NC(=O)C2(c3ccc4c(c3)OCO4)CC2)n1. The van der Waals surface area contributed by atoms with Crippen molar-refractivity contribution in [1.29, 1.82) is 0 Å². The lowest BCUT2D eigenvalue weighted by atomic mass is 9.94. The van der Waals surface area contributed by atoms with Crippen LogP contribution in [0.2, 0.25) is 0 Å². The van der Waals surface area contributed by atoms with E-state index >= 15 is 0 Å². The van der Waals surface area contributed by atoms with Crippen LogP contribution in [0.5, 0.6) is 11.5 Å². The maximum atomic E-state index is 12.7. The molecule has 6 heteroatoms. The normalized spacial score (nSPS) is 17.1. The zero-order valence-electron chi connectivity index (χ0n) is 12.1. The molecule has 1 aliphatic heterocycles. The molecule has 112 valence electrons. The predicted octanol–water partition coefficient (Wildman–Crippen LogP) is 2.18. The van der Waals surface area contributed by atoms with Crippen LogP contribution in [-0.4, -0.2) is 22.7 Å². The second-order valence-corrected chi connectivity index (χ2v) is 5.59. The van der Waals surface area contributed by atoms with Crippen molar-refractivity contribution in [3.63, 3.8) is 0 Å². The van der Waals surface area contributed by atoms with Gasteiger partial charge in [-0.05, 0) is 43.5 Å². The van der Waals surface area contributed by atoms with Crippen LogP contribution in [0, 0.1) is 6.92 Å². The van der Waals surface area contributed by atoms with E-state index in [4.69, 9.17) is 9.47 Å². The fourth-order valence-electron chi connectivity index (χ4n) is 2.73. The van der Waals surface area contributed by atoms with E-state index in [1.54, 1.807) is 19.2 Å². The van der Waals surface area contributed by atoms with Crippen molar-refractivity contribution in [2.75, 3.05) is 12.1 Å². The number of fused-ring (bicyclic) bond motifs is 1. The Morgan fingerprint density at radius 2 is 2.05 bits per heavy atom. The van der Waals surface area contributed by atoms with E-state index in [-0.39, 0.29) is 12.7 Å². The molecule has 0 spiro atoms. The minimum atomic E-state index is -0.486. The van der Waals surface area contributed by atoms with Crippen molar-refractivity contribution in [3.8, 4) is 11.5 Å². The zero-order valence-corrected chi connectivity index (χ0v) is 12.1. The Hall–Kier alpha value is -2.63. The Kier molecular flexibility index (Phi) is 2.79. The molecule has 1 aliphatic carbocycles. The first-order valence-corrected chi connectivity index (χ1v) is 7.19. The molecule has 0 radical (unpaired) electrons. The summed E-state index contributed by atoms with van der Waals surface area (Å²) >= 11 is 0. The van der Waals surface area contributed by atoms with E-state index in [0.717, 1.165) is 24.2 Å². The number of hydrogen-bond acceptors (Lipinski definition) is 5. The second kappa shape index (κ2) is 4.69. The quantitative estimate of drug-likeness (QED) is 0.940. The first-order valence-electron chi connectivity index (χ1n) is 7.19. The lowest BCUT2D eigenvalue weighted by Crippen LogP contribution is -2.28. The van der Waals surface area contributed by atoms with Gasteiger partial charge in [-0.15, -0.1) is 0 Å². The number of anilines is 1. The molecule has 4 rings (SSSR count). The average molecular weight is 297 g/mol. The number of hydrogen-bond donors (Lipinski definition) is 1. The maximum absolute atomic E-state index is 12.7. The number of aryl methyl sites for hydroxylation is 1. The standard InChI is InChI=1S/C16H15N3O3/c1-10-17-7-4-14(18-10)19-15(20)16(5-6-16)11-2-3-12-13(8-11)22-9-21-12/h2-4,7-8H,5-6,9H2,1H3,(H,17,18,19,20). The Balaban J connectivity index is 1.60. The van der Waals surface area contributed by atoms with Crippen LogP contribution >= 0.6 is 0 Å². The molecule has 2 aromatic rings. The summed E-state index contributed by atoms with van der Waals surface area (Å²) in [6.07, 6.45) is 3.28. The summed E-state index contributed by atoms with van der Waals surface area (Å²) in [6, 6.07) is 7.39. The Morgan fingerprint density at radius 3 is 2.82 bits per heavy atom. The fourth-order valence-corrected chi connectivity index (χ4v) is 2.73. The van der Waals surface area contributed by atoms with Crippen LogP contribution in [0.25, 0.3) is 0 Å². The minimum Gasteiger partial charge on any atom is -0.454 e. The van der Waals surface area contributed by atoms with Crippen LogP contribution in [0.1, 0.15) is 24.2 Å². The van der Waals surface area contributed by atoms with Gasteiger partial charge in [-0.2, -0.15) is 0 Å². The molecule has 1 N–H and O–H groups in total. The van der Waals surface area contributed by atoms with Gasteiger partial charge in [-0.25, -0.2) is 9.97 Å². The molecule has 0 atom stereocenters. The van der Waals surface area contributed by atoms with Crippen LogP contribution in [-0.2, 0) is 10.2 Å². The van der Waals surface area contributed by atoms with Gasteiger partial charge < -0.3 is 14.8 Å². The van der Waals surface area contributed by atoms with Gasteiger partial charge in [-0.3, -0.25) is 4.79 Å². The van der Waals surface area contributed by atoms with Gasteiger partial charge in [0.05, 0.1) is 5.41 Å². The van der Waals surface area contributed by atoms with E-state index < -0.39 is 5.41 Å². The first kappa shape index (κ1) is 13.1. The smallest absolute Gasteiger partial charge is 0.236 e. The Morgan fingerprint density at radius 1 is 1.23 bits per heavy atom. The Labute approximate surface area is 127 Å². The molecule has 1 amide bonds. The topological polar surface area (TPSA) is 73.3 Å². The van der Waals surface area contributed by atoms with Crippen LogP contribution < -0.4 is 14.8 Å². The van der Waals surface area contributed by atoms with Gasteiger partial charge in [0, 0.05) is 6.20 Å². The third kappa shape index (κ3) is 2.07. The summed E-state index contributed by atoms with van der Waals surface area (Å²) in [7, 11) is 0. The van der Waals surface area contributed by atoms with Crippen molar-refractivity contribution in [1.82, 2.24) is 9.97 Å². The molecule has 1 aromatic heterocycles. The lowest BCUT2D eigenvalue weighted by molar-refractivity contribution is -0.118. The molecule has 1 aromatic carbocycles. The molecule has 22 heavy (non-hydrogen) atoms. The number of carbonyl (C=O) groups excluding carboxylic acids is 1. The highest BCUT2D eigenvalue weighted by molar-refractivity contribution is 6.00. The van der Waals surface area contributed by atoms with Gasteiger partial charge in [0.2, 0.25) is 12.7 Å². The molecule has 2 heterocycles. The van der Waals surface area contributed by atoms with Crippen molar-refractivity contribution >= 4 is 11.7 Å². The molecule has 1 saturated carbocycles. The third-order valence-corrected chi connectivity index (χ3v) is 4.13. The van der Waals surface area contributed by atoms with Crippen molar-refractivity contribution < 1.29 is 14.3 Å². The number of amides is 1. The van der Waals surface area contributed by atoms with Gasteiger partial charge in [0.1, 0.15) is 11.6 Å². The van der Waals surface area contributed by atoms with E-state index in [2.05, 4.69) is 15.3 Å². The zero-order chi connectivity index (χ0) is 15.2. The lowest BCUT2D eigenvalue weighted by Gasteiger charge is -2.16. The highest BCUT2D eigenvalue weighted by Gasteiger charge is 2.51. The minimum absolute atomic E-state index is 0.0375. The van der Waals surface area contributed by atoms with E-state index in [1.807, 2.05) is 18.2 Å². The number of nitrogens with one attached hydrogen (secondary N) is 1. The van der Waals surface area contributed by atoms with Crippen LogP contribution in [0.4, 0.5) is 5.82 Å². The average Bonchev–Trinajstić information content (AvgIpc) is 3.19. The second-order valence-electron chi connectivity index (χ2n) is 5.59. The summed E-state index contributed by atoms with van der Waals surface area (Å²) in [4.78, 5) is 20.9. The number of nitrogens with zero attached hydrogens (tertiary/aromatic N) is 2. The molecule has 6 nitrogen and oxygen atoms in total. The Bertz CT molecular complexity index is 756. The summed E-state index contributed by atoms with van der Waals surface area (Å²) in [5.74, 6) is 2.56. The van der Waals surface area contributed by atoms with E-state index in [9.17, 15) is 4.79 Å². The molecule has 0 saturated heterocycles. The van der Waals surface area contributed by atoms with Gasteiger partial charge in [-0.1, -0.05) is 6.07 Å². The summed E-state index contributed by atoms with van der Waals surface area (Å²) in [5.41, 5.74) is 0.472. The monoisotopic (exact) mass is 297 g/mol. The van der Waals surface area contributed by atoms with Crippen LogP contribution in [0.3, 0.4) is 0 Å². The largest absolute Gasteiger partial charge is 0.454 e. The molecule has 1 fully saturated rings. The van der Waals surface area contributed by atoms with Crippen molar-refractivity contribution in [3.05, 3.63) is 41.9 Å². The number of ether oxygens (including phenoxy) is 2. The molecular weight excluding hydrogens is 282 g/mol. The number of benzene rings is 1. The summed E-state index contributed by atoms with van der Waals surface area (Å²) in [5, 5.41) is 2.89. The van der Waals surface area contributed by atoms with Gasteiger partial charge in [0.15, 0.2) is 11.5 Å². The van der Waals surface area contributed by atoms with Crippen molar-refractivity contribution in [2.24, 2.45) is 0 Å². The number of aromatic nitrogens is 2. The molecule has 0 bridgehead atoms. The van der Waals surface area contributed by atoms with E-state index in [1.165, 1.54) is 0 Å². The highest BCUT2D eigenvalue weighted by Crippen LogP contribution is 2.51. The maximum Gasteiger partial charge on any atom is 0.236 e. The van der Waals surface area contributed by atoms with Crippen LogP contribution in [0.15, 0.2) is 30.5 Å². The summed E-state index contributed by atoms with van der Waals surface area (Å²) < 4.78 is 10.7. The van der Waals surface area contributed by atoms with Crippen molar-refractivity contribution in [2.45, 2.75) is 25.2 Å². The molecular formula is C16H15N3O3. The third-order valence-electron chi connectivity index (χ3n) is 4.13. The fraction of sp³-hybridized carbons (Fsp3) is 0.312.